The molecule has 1 atom stereocenters. The van der Waals surface area contributed by atoms with Crippen LogP contribution in [-0.4, -0.2) is 22.4 Å². The Bertz CT molecular complexity index is 1040. The second-order valence-electron chi connectivity index (χ2n) is 6.77. The number of hydrogen-bond donors (Lipinski definition) is 2. The molecule has 0 fully saturated rings. The molecule has 164 valence electrons. The highest BCUT2D eigenvalue weighted by Crippen LogP contribution is 2.30. The normalized spacial score (nSPS) is 12.4. The van der Waals surface area contributed by atoms with E-state index in [1.54, 1.807) is 30.3 Å². The monoisotopic (exact) mass is 470 g/mol. The fourth-order valence-electron chi connectivity index (χ4n) is 2.67. The Kier molecular flexibility index (Phi) is 7.12. The molecule has 0 saturated heterocycles. The molecule has 0 unspecified atom stereocenters. The van der Waals surface area contributed by atoms with Crippen molar-refractivity contribution in [1.29, 1.82) is 0 Å². The number of nitrogens with one attached hydrogen (secondary N) is 2. The molecule has 5 nitrogen and oxygen atoms in total. The predicted molar refractivity (Wildman–Crippen MR) is 117 cm³/mol. The largest absolute Gasteiger partial charge is 0.573 e. The number of benzene rings is 2. The number of ether oxygens (including phenoxy) is 1. The van der Waals surface area contributed by atoms with Crippen LogP contribution in [-0.2, 0) is 0 Å². The quantitative estimate of drug-likeness (QED) is 0.379. The van der Waals surface area contributed by atoms with Crippen LogP contribution in [0.25, 0.3) is 11.3 Å². The summed E-state index contributed by atoms with van der Waals surface area (Å²) in [5, 5.41) is 7.17. The van der Waals surface area contributed by atoms with Crippen molar-refractivity contribution in [3.05, 3.63) is 58.6 Å². The molecule has 0 bridgehead atoms. The lowest BCUT2D eigenvalue weighted by Crippen LogP contribution is -2.17. The fraction of sp³-hybridized carbons (Fsp3) is 0.238. The molecule has 1 heterocycles. The molecule has 2 aromatic carbocycles. The Labute approximate surface area is 187 Å². The molecule has 0 aliphatic heterocycles. The summed E-state index contributed by atoms with van der Waals surface area (Å²) >= 11 is 12.1. The summed E-state index contributed by atoms with van der Waals surface area (Å²) in [4.78, 5) is 8.91. The maximum absolute atomic E-state index is 12.6. The molecule has 1 aromatic heterocycles. The van der Waals surface area contributed by atoms with Crippen LogP contribution in [0.5, 0.6) is 5.75 Å². The number of nitrogens with zero attached hydrogens (tertiary/aromatic N) is 2. The van der Waals surface area contributed by atoms with Gasteiger partial charge >= 0.3 is 6.36 Å². The zero-order valence-corrected chi connectivity index (χ0v) is 18.1. The van der Waals surface area contributed by atoms with E-state index in [0.29, 0.717) is 38.8 Å². The molecule has 10 heteroatoms. The first-order valence-electron chi connectivity index (χ1n) is 9.36. The smallest absolute Gasteiger partial charge is 0.406 e. The van der Waals surface area contributed by atoms with Gasteiger partial charge in [0, 0.05) is 33.4 Å². The third-order valence-corrected chi connectivity index (χ3v) is 4.65. The molecule has 0 radical (unpaired) electrons. The van der Waals surface area contributed by atoms with Crippen LogP contribution in [0.2, 0.25) is 10.0 Å². The summed E-state index contributed by atoms with van der Waals surface area (Å²) < 4.78 is 41.8. The maximum Gasteiger partial charge on any atom is 0.573 e. The minimum atomic E-state index is -4.79. The molecule has 2 N–H and O–H groups in total. The van der Waals surface area contributed by atoms with Crippen molar-refractivity contribution >= 4 is 40.7 Å². The first-order valence-corrected chi connectivity index (χ1v) is 10.1. The van der Waals surface area contributed by atoms with Gasteiger partial charge in [0.2, 0.25) is 5.95 Å². The van der Waals surface area contributed by atoms with Crippen LogP contribution in [0.3, 0.4) is 0 Å². The van der Waals surface area contributed by atoms with Gasteiger partial charge in [-0.15, -0.1) is 13.2 Å². The van der Waals surface area contributed by atoms with Gasteiger partial charge in [0.25, 0.3) is 0 Å². The molecule has 0 spiro atoms. The molecule has 0 saturated carbocycles. The van der Waals surface area contributed by atoms with E-state index in [1.807, 2.05) is 13.8 Å². The first kappa shape index (κ1) is 23.0. The van der Waals surface area contributed by atoms with Gasteiger partial charge in [-0.3, -0.25) is 0 Å². The topological polar surface area (TPSA) is 59.1 Å². The van der Waals surface area contributed by atoms with E-state index < -0.39 is 6.36 Å². The van der Waals surface area contributed by atoms with Gasteiger partial charge in [-0.25, -0.2) is 4.98 Å². The van der Waals surface area contributed by atoms with Gasteiger partial charge < -0.3 is 15.4 Å². The summed E-state index contributed by atoms with van der Waals surface area (Å²) in [5.74, 6) is 0.400. The van der Waals surface area contributed by atoms with Crippen LogP contribution in [0.1, 0.15) is 20.3 Å². The highest BCUT2D eigenvalue weighted by Gasteiger charge is 2.31. The molecular formula is C21H19Cl2F3N4O. The second-order valence-corrected chi connectivity index (χ2v) is 7.65. The van der Waals surface area contributed by atoms with Crippen LogP contribution >= 0.6 is 23.2 Å². The highest BCUT2D eigenvalue weighted by molar-refractivity contribution is 6.35. The van der Waals surface area contributed by atoms with Crippen molar-refractivity contribution in [2.75, 3.05) is 10.6 Å². The van der Waals surface area contributed by atoms with Gasteiger partial charge in [-0.05, 0) is 43.7 Å². The zero-order chi connectivity index (χ0) is 22.6. The third-order valence-electron chi connectivity index (χ3n) is 4.21. The fourth-order valence-corrected chi connectivity index (χ4v) is 3.20. The Hall–Kier alpha value is -2.71. The average molecular weight is 471 g/mol. The zero-order valence-electron chi connectivity index (χ0n) is 16.6. The number of aromatic nitrogens is 2. The number of hydrogen-bond acceptors (Lipinski definition) is 5. The molecule has 0 amide bonds. The van der Waals surface area contributed by atoms with Crippen molar-refractivity contribution in [3.8, 4) is 17.0 Å². The molecule has 31 heavy (non-hydrogen) atoms. The Morgan fingerprint density at radius 3 is 2.39 bits per heavy atom. The Morgan fingerprint density at radius 1 is 1.03 bits per heavy atom. The molecule has 0 aliphatic rings. The summed E-state index contributed by atoms with van der Waals surface area (Å²) in [6.45, 7) is 3.98. The van der Waals surface area contributed by atoms with Gasteiger partial charge in [0.1, 0.15) is 11.6 Å². The maximum atomic E-state index is 12.6. The number of rotatable bonds is 7. The van der Waals surface area contributed by atoms with E-state index in [1.165, 1.54) is 18.2 Å². The summed E-state index contributed by atoms with van der Waals surface area (Å²) in [5.41, 5.74) is 1.44. The lowest BCUT2D eigenvalue weighted by Gasteiger charge is -2.15. The average Bonchev–Trinajstić information content (AvgIpc) is 2.65. The van der Waals surface area contributed by atoms with Crippen molar-refractivity contribution < 1.29 is 17.9 Å². The Morgan fingerprint density at radius 2 is 1.74 bits per heavy atom. The minimum absolute atomic E-state index is 0.0867. The first-order chi connectivity index (χ1) is 14.6. The lowest BCUT2D eigenvalue weighted by atomic mass is 10.1. The van der Waals surface area contributed by atoms with Crippen molar-refractivity contribution in [1.82, 2.24) is 9.97 Å². The van der Waals surface area contributed by atoms with Gasteiger partial charge in [-0.2, -0.15) is 4.98 Å². The van der Waals surface area contributed by atoms with Gasteiger partial charge in [-0.1, -0.05) is 42.3 Å². The van der Waals surface area contributed by atoms with E-state index in [4.69, 9.17) is 23.2 Å². The third kappa shape index (κ3) is 6.90. The van der Waals surface area contributed by atoms with Crippen LogP contribution in [0.4, 0.5) is 30.6 Å². The van der Waals surface area contributed by atoms with E-state index in [-0.39, 0.29) is 11.8 Å². The van der Waals surface area contributed by atoms with Crippen molar-refractivity contribution in [2.45, 2.75) is 32.7 Å². The summed E-state index contributed by atoms with van der Waals surface area (Å²) in [7, 11) is 0. The van der Waals surface area contributed by atoms with Crippen molar-refractivity contribution in [3.63, 3.8) is 0 Å². The van der Waals surface area contributed by atoms with E-state index >= 15 is 0 Å². The summed E-state index contributed by atoms with van der Waals surface area (Å²) in [6, 6.07) is 12.2. The van der Waals surface area contributed by atoms with E-state index in [0.717, 1.165) is 6.42 Å². The second kappa shape index (κ2) is 9.62. The van der Waals surface area contributed by atoms with Crippen molar-refractivity contribution in [2.24, 2.45) is 0 Å². The summed E-state index contributed by atoms with van der Waals surface area (Å²) in [6.07, 6.45) is -3.96. The van der Waals surface area contributed by atoms with Crippen LogP contribution in [0.15, 0.2) is 48.5 Å². The highest BCUT2D eigenvalue weighted by atomic mass is 35.5. The lowest BCUT2D eigenvalue weighted by molar-refractivity contribution is -0.274. The molecule has 0 aliphatic carbocycles. The number of halogens is 5. The van der Waals surface area contributed by atoms with Gasteiger partial charge in [0.15, 0.2) is 0 Å². The molecule has 3 rings (SSSR count). The Balaban J connectivity index is 2.00. The number of anilines is 3. The standard InChI is InChI=1S/C21H19Cl2F3N4O/c1-3-12(2)27-20-29-18(13-5-4-6-17(7-13)31-21(24,25)26)11-19(30-20)28-16-9-14(22)8-15(23)10-16/h4-12H,3H2,1-2H3,(H2,27,28,29,30)/t12-/m0/s1. The molecular weight excluding hydrogens is 452 g/mol. The van der Waals surface area contributed by atoms with E-state index in [9.17, 15) is 13.2 Å². The van der Waals surface area contributed by atoms with Gasteiger partial charge in [0.05, 0.1) is 5.69 Å². The van der Waals surface area contributed by atoms with Crippen LogP contribution < -0.4 is 15.4 Å². The van der Waals surface area contributed by atoms with Crippen LogP contribution in [0, 0.1) is 0 Å². The van der Waals surface area contributed by atoms with E-state index in [2.05, 4.69) is 25.3 Å². The number of alkyl halides is 3. The minimum Gasteiger partial charge on any atom is -0.406 e. The SMILES string of the molecule is CC[C@H](C)Nc1nc(Nc2cc(Cl)cc(Cl)c2)cc(-c2cccc(OC(F)(F)F)c2)n1. The molecule has 3 aromatic rings. The predicted octanol–water partition coefficient (Wildman–Crippen LogP) is 7.30.